The monoisotopic (exact) mass is 464 g/mol. The van der Waals surface area contributed by atoms with Crippen molar-refractivity contribution in [1.29, 1.82) is 0 Å². The number of nitrogens with zero attached hydrogens (tertiary/aromatic N) is 2. The highest BCUT2D eigenvalue weighted by molar-refractivity contribution is 14.0. The van der Waals surface area contributed by atoms with Crippen molar-refractivity contribution >= 4 is 41.5 Å². The Kier molecular flexibility index (Phi) is 10.3. The predicted molar refractivity (Wildman–Crippen MR) is 112 cm³/mol. The number of morpholine rings is 1. The van der Waals surface area contributed by atoms with E-state index in [0.29, 0.717) is 6.54 Å². The summed E-state index contributed by atoms with van der Waals surface area (Å²) in [5.41, 5.74) is 1.20. The van der Waals surface area contributed by atoms with Crippen LogP contribution in [0.5, 0.6) is 0 Å². The van der Waals surface area contributed by atoms with Crippen molar-refractivity contribution in [3.05, 3.63) is 47.5 Å². The maximum absolute atomic E-state index is 6.18. The highest BCUT2D eigenvalue weighted by Gasteiger charge is 2.23. The van der Waals surface area contributed by atoms with Crippen LogP contribution < -0.4 is 10.6 Å². The summed E-state index contributed by atoms with van der Waals surface area (Å²) in [6, 6.07) is 8.27. The average Bonchev–Trinajstić information content (AvgIpc) is 2.59. The highest BCUT2D eigenvalue weighted by Crippen LogP contribution is 2.23. The molecule has 1 aromatic carbocycles. The number of rotatable bonds is 6. The van der Waals surface area contributed by atoms with E-state index in [2.05, 4.69) is 33.2 Å². The molecule has 1 aliphatic heterocycles. The van der Waals surface area contributed by atoms with Crippen LogP contribution in [0.4, 0.5) is 0 Å². The summed E-state index contributed by atoms with van der Waals surface area (Å²) < 4.78 is 5.47. The second kappa shape index (κ2) is 11.7. The van der Waals surface area contributed by atoms with E-state index in [1.165, 1.54) is 5.56 Å². The Morgan fingerprint density at radius 2 is 2.17 bits per heavy atom. The summed E-state index contributed by atoms with van der Waals surface area (Å²) in [4.78, 5) is 6.65. The van der Waals surface area contributed by atoms with Gasteiger partial charge < -0.3 is 15.4 Å². The SMILES string of the molecule is C=CCNC(=NC)NCC(c1cccc(Cl)c1)N1CCOCC1.I. The van der Waals surface area contributed by atoms with Crippen LogP contribution in [0.15, 0.2) is 41.9 Å². The molecule has 0 saturated carbocycles. The van der Waals surface area contributed by atoms with Gasteiger partial charge in [-0.2, -0.15) is 0 Å². The van der Waals surface area contributed by atoms with Gasteiger partial charge in [0.05, 0.1) is 19.3 Å². The summed E-state index contributed by atoms with van der Waals surface area (Å²) in [6.07, 6.45) is 1.81. The fourth-order valence-electron chi connectivity index (χ4n) is 2.64. The van der Waals surface area contributed by atoms with E-state index in [4.69, 9.17) is 16.3 Å². The van der Waals surface area contributed by atoms with E-state index in [1.807, 2.05) is 24.3 Å². The Hall–Kier alpha value is -0.830. The molecule has 1 heterocycles. The van der Waals surface area contributed by atoms with E-state index >= 15 is 0 Å². The van der Waals surface area contributed by atoms with E-state index in [9.17, 15) is 0 Å². The zero-order valence-electron chi connectivity index (χ0n) is 14.0. The van der Waals surface area contributed by atoms with Gasteiger partial charge in [0.2, 0.25) is 0 Å². The van der Waals surface area contributed by atoms with Crippen LogP contribution >= 0.6 is 35.6 Å². The third-order valence-electron chi connectivity index (χ3n) is 3.82. The van der Waals surface area contributed by atoms with Crippen LogP contribution in [0.25, 0.3) is 0 Å². The first-order chi connectivity index (χ1) is 11.2. The summed E-state index contributed by atoms with van der Waals surface area (Å²) in [7, 11) is 1.77. The molecule has 1 saturated heterocycles. The van der Waals surface area contributed by atoms with E-state index in [1.54, 1.807) is 7.05 Å². The number of aliphatic imine (C=N–C) groups is 1. The Morgan fingerprint density at radius 1 is 1.42 bits per heavy atom. The Morgan fingerprint density at radius 3 is 2.79 bits per heavy atom. The minimum Gasteiger partial charge on any atom is -0.379 e. The van der Waals surface area contributed by atoms with Crippen molar-refractivity contribution in [1.82, 2.24) is 15.5 Å². The normalized spacial score (nSPS) is 16.8. The molecule has 134 valence electrons. The molecule has 1 unspecified atom stereocenters. The van der Waals surface area contributed by atoms with Gasteiger partial charge in [-0.25, -0.2) is 0 Å². The fraction of sp³-hybridized carbons (Fsp3) is 0.471. The molecule has 0 aromatic heterocycles. The van der Waals surface area contributed by atoms with Gasteiger partial charge in [0.1, 0.15) is 0 Å². The fourth-order valence-corrected chi connectivity index (χ4v) is 2.84. The molecule has 0 radical (unpaired) electrons. The molecular weight excluding hydrogens is 439 g/mol. The van der Waals surface area contributed by atoms with Crippen LogP contribution in [0.3, 0.4) is 0 Å². The number of nitrogens with one attached hydrogen (secondary N) is 2. The topological polar surface area (TPSA) is 48.9 Å². The van der Waals surface area contributed by atoms with Gasteiger partial charge in [-0.1, -0.05) is 29.8 Å². The molecule has 24 heavy (non-hydrogen) atoms. The van der Waals surface area contributed by atoms with Crippen LogP contribution in [-0.4, -0.2) is 57.3 Å². The lowest BCUT2D eigenvalue weighted by Gasteiger charge is -2.35. The van der Waals surface area contributed by atoms with E-state index in [-0.39, 0.29) is 30.0 Å². The number of hydrogen-bond donors (Lipinski definition) is 2. The molecule has 7 heteroatoms. The smallest absolute Gasteiger partial charge is 0.191 e. The molecular formula is C17H26ClIN4O. The van der Waals surface area contributed by atoms with Gasteiger partial charge in [0.15, 0.2) is 5.96 Å². The van der Waals surface area contributed by atoms with Crippen molar-refractivity contribution in [3.63, 3.8) is 0 Å². The zero-order valence-corrected chi connectivity index (χ0v) is 17.1. The molecule has 2 rings (SSSR count). The molecule has 0 amide bonds. The quantitative estimate of drug-likeness (QED) is 0.294. The first-order valence-electron chi connectivity index (χ1n) is 7.87. The molecule has 1 fully saturated rings. The van der Waals surface area contributed by atoms with Gasteiger partial charge in [-0.3, -0.25) is 9.89 Å². The Balaban J connectivity index is 0.00000288. The van der Waals surface area contributed by atoms with Crippen LogP contribution in [0.2, 0.25) is 5.02 Å². The number of benzene rings is 1. The Bertz CT molecular complexity index is 535. The first kappa shape index (κ1) is 21.2. The van der Waals surface area contributed by atoms with Crippen LogP contribution in [0.1, 0.15) is 11.6 Å². The molecule has 5 nitrogen and oxygen atoms in total. The number of guanidine groups is 1. The average molecular weight is 465 g/mol. The minimum atomic E-state index is 0. The summed E-state index contributed by atoms with van der Waals surface area (Å²) in [6.45, 7) is 8.49. The lowest BCUT2D eigenvalue weighted by Crippen LogP contribution is -2.46. The van der Waals surface area contributed by atoms with Crippen molar-refractivity contribution in [3.8, 4) is 0 Å². The zero-order chi connectivity index (χ0) is 16.5. The molecule has 2 N–H and O–H groups in total. The number of halogens is 2. The molecule has 1 atom stereocenters. The van der Waals surface area contributed by atoms with Gasteiger partial charge in [-0.15, -0.1) is 30.6 Å². The molecule has 0 aliphatic carbocycles. The highest BCUT2D eigenvalue weighted by atomic mass is 127. The lowest BCUT2D eigenvalue weighted by atomic mass is 10.0. The molecule has 1 aromatic rings. The number of hydrogen-bond acceptors (Lipinski definition) is 3. The van der Waals surface area contributed by atoms with Gasteiger partial charge in [0.25, 0.3) is 0 Å². The van der Waals surface area contributed by atoms with Crippen molar-refractivity contribution in [2.45, 2.75) is 6.04 Å². The van der Waals surface area contributed by atoms with Gasteiger partial charge in [-0.05, 0) is 17.7 Å². The maximum Gasteiger partial charge on any atom is 0.191 e. The molecule has 0 bridgehead atoms. The third-order valence-corrected chi connectivity index (χ3v) is 4.06. The standard InChI is InChI=1S/C17H25ClN4O.HI/c1-3-7-20-17(19-2)21-13-16(22-8-10-23-11-9-22)14-5-4-6-15(18)12-14;/h3-6,12,16H,1,7-11,13H2,2H3,(H2,19,20,21);1H. The molecule has 0 spiro atoms. The molecule has 1 aliphatic rings. The van der Waals surface area contributed by atoms with E-state index < -0.39 is 0 Å². The minimum absolute atomic E-state index is 0. The summed E-state index contributed by atoms with van der Waals surface area (Å²) in [5.74, 6) is 0.769. The van der Waals surface area contributed by atoms with Crippen molar-refractivity contribution in [2.75, 3.05) is 46.4 Å². The number of ether oxygens (including phenoxy) is 1. The lowest BCUT2D eigenvalue weighted by molar-refractivity contribution is 0.0170. The maximum atomic E-state index is 6.18. The van der Waals surface area contributed by atoms with Crippen LogP contribution in [0, 0.1) is 0 Å². The van der Waals surface area contributed by atoms with Crippen molar-refractivity contribution < 1.29 is 4.74 Å². The van der Waals surface area contributed by atoms with E-state index in [0.717, 1.165) is 43.8 Å². The third kappa shape index (κ3) is 6.58. The first-order valence-corrected chi connectivity index (χ1v) is 8.25. The van der Waals surface area contributed by atoms with Crippen LogP contribution in [-0.2, 0) is 4.74 Å². The second-order valence-electron chi connectivity index (χ2n) is 5.34. The largest absolute Gasteiger partial charge is 0.379 e. The second-order valence-corrected chi connectivity index (χ2v) is 5.78. The predicted octanol–water partition coefficient (Wildman–Crippen LogP) is 2.68. The Labute approximate surface area is 166 Å². The summed E-state index contributed by atoms with van der Waals surface area (Å²) >= 11 is 6.18. The van der Waals surface area contributed by atoms with Gasteiger partial charge >= 0.3 is 0 Å². The van der Waals surface area contributed by atoms with Gasteiger partial charge in [0, 0.05) is 38.2 Å². The summed E-state index contributed by atoms with van der Waals surface area (Å²) in [5, 5.41) is 7.34. The van der Waals surface area contributed by atoms with Crippen molar-refractivity contribution in [2.24, 2.45) is 4.99 Å².